The first-order valence-corrected chi connectivity index (χ1v) is 8.61. The molecule has 0 heterocycles. The molecule has 0 atom stereocenters. The van der Waals surface area contributed by atoms with Gasteiger partial charge in [-0.15, -0.1) is 0 Å². The minimum atomic E-state index is 0.372. The molecule has 1 nitrogen and oxygen atoms in total. The molecule has 0 fully saturated rings. The van der Waals surface area contributed by atoms with E-state index in [2.05, 4.69) is 22.6 Å². The van der Waals surface area contributed by atoms with E-state index in [0.29, 0.717) is 6.61 Å². The van der Waals surface area contributed by atoms with Gasteiger partial charge in [-0.05, 0) is 17.3 Å². The smallest absolute Gasteiger partial charge is 0.0431 e. The summed E-state index contributed by atoms with van der Waals surface area (Å²) in [5.41, 5.74) is 0. The van der Waals surface area contributed by atoms with Crippen LogP contribution in [0.15, 0.2) is 0 Å². The molecule has 0 bridgehead atoms. The molecule has 0 amide bonds. The lowest BCUT2D eigenvalue weighted by Gasteiger charge is -2.02. The summed E-state index contributed by atoms with van der Waals surface area (Å²) in [4.78, 5) is 0. The largest absolute Gasteiger partial charge is 0.396 e. The summed E-state index contributed by atoms with van der Waals surface area (Å²) >= 11 is 2.46. The molecular formula is C14H29IO. The van der Waals surface area contributed by atoms with Crippen LogP contribution in [-0.2, 0) is 0 Å². The topological polar surface area (TPSA) is 20.2 Å². The molecule has 1 N–H and O–H groups in total. The maximum atomic E-state index is 8.63. The lowest BCUT2D eigenvalue weighted by Crippen LogP contribution is -1.85. The number of rotatable bonds is 13. The number of aliphatic hydroxyl groups is 1. The Labute approximate surface area is 116 Å². The molecule has 0 unspecified atom stereocenters. The van der Waals surface area contributed by atoms with Crippen molar-refractivity contribution in [2.24, 2.45) is 0 Å². The number of hydrogen-bond acceptors (Lipinski definition) is 1. The lowest BCUT2D eigenvalue weighted by molar-refractivity contribution is 0.282. The highest BCUT2D eigenvalue weighted by Gasteiger charge is 1.93. The summed E-state index contributed by atoms with van der Waals surface area (Å²) in [6.07, 6.45) is 16.3. The number of hydrogen-bond donors (Lipinski definition) is 1. The van der Waals surface area contributed by atoms with Crippen molar-refractivity contribution in [1.82, 2.24) is 0 Å². The fourth-order valence-corrected chi connectivity index (χ4v) is 2.51. The second kappa shape index (κ2) is 15.7. The van der Waals surface area contributed by atoms with Crippen LogP contribution in [0.1, 0.15) is 77.0 Å². The first kappa shape index (κ1) is 16.7. The SMILES string of the molecule is OCCCCCCCCCCCCCCI. The maximum Gasteiger partial charge on any atom is 0.0431 e. The van der Waals surface area contributed by atoms with Gasteiger partial charge in [0.2, 0.25) is 0 Å². The first-order chi connectivity index (χ1) is 7.91. The van der Waals surface area contributed by atoms with Crippen LogP contribution < -0.4 is 0 Å². The Hall–Kier alpha value is 0.690. The molecule has 0 radical (unpaired) electrons. The van der Waals surface area contributed by atoms with Crippen molar-refractivity contribution in [3.63, 3.8) is 0 Å². The van der Waals surface area contributed by atoms with Gasteiger partial charge >= 0.3 is 0 Å². The van der Waals surface area contributed by atoms with Gasteiger partial charge < -0.3 is 5.11 Å². The average Bonchev–Trinajstić information content (AvgIpc) is 2.31. The van der Waals surface area contributed by atoms with Crippen molar-refractivity contribution in [1.29, 1.82) is 0 Å². The highest BCUT2D eigenvalue weighted by atomic mass is 127. The molecule has 0 aromatic heterocycles. The van der Waals surface area contributed by atoms with Gasteiger partial charge in [-0.3, -0.25) is 0 Å². The highest BCUT2D eigenvalue weighted by molar-refractivity contribution is 14.1. The first-order valence-electron chi connectivity index (χ1n) is 7.08. The third-order valence-electron chi connectivity index (χ3n) is 3.04. The third kappa shape index (κ3) is 14.7. The Morgan fingerprint density at radius 1 is 0.500 bits per heavy atom. The molecular weight excluding hydrogens is 311 g/mol. The van der Waals surface area contributed by atoms with E-state index in [1.807, 2.05) is 0 Å². The Kier molecular flexibility index (Phi) is 16.4. The molecule has 0 rings (SSSR count). The zero-order valence-electron chi connectivity index (χ0n) is 10.7. The maximum absolute atomic E-state index is 8.63. The van der Waals surface area contributed by atoms with Gasteiger partial charge in [-0.2, -0.15) is 0 Å². The quantitative estimate of drug-likeness (QED) is 0.281. The van der Waals surface area contributed by atoms with Crippen LogP contribution in [0.5, 0.6) is 0 Å². The number of halogens is 1. The summed E-state index contributed by atoms with van der Waals surface area (Å²) in [5.74, 6) is 0. The lowest BCUT2D eigenvalue weighted by atomic mass is 10.1. The van der Waals surface area contributed by atoms with E-state index in [9.17, 15) is 0 Å². The molecule has 16 heavy (non-hydrogen) atoms. The zero-order chi connectivity index (χ0) is 11.9. The minimum absolute atomic E-state index is 0.372. The standard InChI is InChI=1S/C14H29IO/c15-13-11-9-7-5-3-1-2-4-6-8-10-12-14-16/h16H,1-14H2. The molecule has 0 aromatic carbocycles. The summed E-state index contributed by atoms with van der Waals surface area (Å²) in [6, 6.07) is 0. The highest BCUT2D eigenvalue weighted by Crippen LogP contribution is 2.12. The van der Waals surface area contributed by atoms with E-state index in [4.69, 9.17) is 5.11 Å². The number of aliphatic hydroxyl groups excluding tert-OH is 1. The Balaban J connectivity index is 2.83. The van der Waals surface area contributed by atoms with E-state index in [1.54, 1.807) is 0 Å². The Bertz CT molecular complexity index is 103. The van der Waals surface area contributed by atoms with E-state index in [0.717, 1.165) is 6.42 Å². The number of unbranched alkanes of at least 4 members (excludes halogenated alkanes) is 11. The third-order valence-corrected chi connectivity index (χ3v) is 3.80. The zero-order valence-corrected chi connectivity index (χ0v) is 12.9. The molecule has 0 spiro atoms. The summed E-state index contributed by atoms with van der Waals surface area (Å²) in [5, 5.41) is 8.63. The molecule has 0 aliphatic heterocycles. The second-order valence-corrected chi connectivity index (χ2v) is 5.73. The van der Waals surface area contributed by atoms with Crippen LogP contribution in [0.25, 0.3) is 0 Å². The van der Waals surface area contributed by atoms with Crippen LogP contribution in [0, 0.1) is 0 Å². The van der Waals surface area contributed by atoms with Crippen molar-refractivity contribution in [3.05, 3.63) is 0 Å². The predicted molar refractivity (Wildman–Crippen MR) is 81.4 cm³/mol. The van der Waals surface area contributed by atoms with E-state index < -0.39 is 0 Å². The number of alkyl halides is 1. The van der Waals surface area contributed by atoms with Crippen LogP contribution in [-0.4, -0.2) is 16.1 Å². The molecule has 0 saturated carbocycles. The monoisotopic (exact) mass is 340 g/mol. The van der Waals surface area contributed by atoms with Crippen molar-refractivity contribution in [2.45, 2.75) is 77.0 Å². The minimum Gasteiger partial charge on any atom is -0.396 e. The van der Waals surface area contributed by atoms with Crippen LogP contribution >= 0.6 is 22.6 Å². The average molecular weight is 340 g/mol. The molecule has 98 valence electrons. The van der Waals surface area contributed by atoms with Gasteiger partial charge in [0.15, 0.2) is 0 Å². The van der Waals surface area contributed by atoms with Crippen LogP contribution in [0.3, 0.4) is 0 Å². The fraction of sp³-hybridized carbons (Fsp3) is 1.00. The predicted octanol–water partition coefficient (Wildman–Crippen LogP) is 5.09. The van der Waals surface area contributed by atoms with Crippen LogP contribution in [0.4, 0.5) is 0 Å². The van der Waals surface area contributed by atoms with Crippen molar-refractivity contribution < 1.29 is 5.11 Å². The van der Waals surface area contributed by atoms with Gasteiger partial charge in [-0.25, -0.2) is 0 Å². The second-order valence-electron chi connectivity index (χ2n) is 4.66. The molecule has 0 aliphatic rings. The Morgan fingerprint density at radius 3 is 1.12 bits per heavy atom. The van der Waals surface area contributed by atoms with E-state index in [-0.39, 0.29) is 0 Å². The van der Waals surface area contributed by atoms with Crippen LogP contribution in [0.2, 0.25) is 0 Å². The van der Waals surface area contributed by atoms with Crippen molar-refractivity contribution in [3.8, 4) is 0 Å². The Morgan fingerprint density at radius 2 is 0.812 bits per heavy atom. The van der Waals surface area contributed by atoms with Gasteiger partial charge in [0, 0.05) is 6.61 Å². The molecule has 0 aromatic rings. The molecule has 0 aliphatic carbocycles. The normalized spacial score (nSPS) is 10.9. The summed E-state index contributed by atoms with van der Waals surface area (Å²) in [7, 11) is 0. The molecule has 0 saturated heterocycles. The van der Waals surface area contributed by atoms with Gasteiger partial charge in [-0.1, -0.05) is 86.8 Å². The fourth-order valence-electron chi connectivity index (χ4n) is 1.97. The summed E-state index contributed by atoms with van der Waals surface area (Å²) in [6.45, 7) is 0.372. The van der Waals surface area contributed by atoms with Crippen molar-refractivity contribution >= 4 is 22.6 Å². The van der Waals surface area contributed by atoms with Crippen molar-refractivity contribution in [2.75, 3.05) is 11.0 Å². The van der Waals surface area contributed by atoms with E-state index >= 15 is 0 Å². The van der Waals surface area contributed by atoms with E-state index in [1.165, 1.54) is 75.1 Å². The molecule has 2 heteroatoms. The van der Waals surface area contributed by atoms with Gasteiger partial charge in [0.1, 0.15) is 0 Å². The van der Waals surface area contributed by atoms with Gasteiger partial charge in [0.25, 0.3) is 0 Å². The van der Waals surface area contributed by atoms with Gasteiger partial charge in [0.05, 0.1) is 0 Å². The summed E-state index contributed by atoms with van der Waals surface area (Å²) < 4.78 is 1.32.